The number of halogens is 2. The molecule has 0 aromatic carbocycles. The number of carbonyl (C=O) groups excluding carboxylic acids is 1. The molecule has 0 aliphatic rings. The summed E-state index contributed by atoms with van der Waals surface area (Å²) >= 11 is 9.09. The molecule has 0 aliphatic carbocycles. The van der Waals surface area contributed by atoms with E-state index < -0.39 is 0 Å². The normalized spacial score (nSPS) is 10.6. The molecule has 0 spiro atoms. The molecule has 94 valence electrons. The lowest BCUT2D eigenvalue weighted by atomic mass is 10.2. The summed E-state index contributed by atoms with van der Waals surface area (Å²) in [5.74, 6) is -0.163. The highest BCUT2D eigenvalue weighted by Crippen LogP contribution is 2.20. The van der Waals surface area contributed by atoms with Gasteiger partial charge in [-0.15, -0.1) is 0 Å². The molecule has 4 nitrogen and oxygen atoms in total. The van der Waals surface area contributed by atoms with Crippen molar-refractivity contribution in [1.29, 1.82) is 0 Å². The van der Waals surface area contributed by atoms with Crippen LogP contribution in [0.4, 0.5) is 0 Å². The van der Waals surface area contributed by atoms with Crippen LogP contribution in [0.1, 0.15) is 29.5 Å². The third kappa shape index (κ3) is 2.62. The van der Waals surface area contributed by atoms with Crippen molar-refractivity contribution >= 4 is 33.3 Å². The molecule has 0 fully saturated rings. The average molecular weight is 329 g/mol. The fraction of sp³-hybridized carbons (Fsp3) is 0.250. The van der Waals surface area contributed by atoms with E-state index in [1.54, 1.807) is 23.0 Å². The lowest BCUT2D eigenvalue weighted by molar-refractivity contribution is 0.102. The first-order chi connectivity index (χ1) is 8.63. The first kappa shape index (κ1) is 13.2. The van der Waals surface area contributed by atoms with Gasteiger partial charge in [0.15, 0.2) is 0 Å². The number of carbonyl (C=O) groups is 1. The lowest BCUT2D eigenvalue weighted by Gasteiger charge is -2.05. The molecule has 2 aromatic heterocycles. The van der Waals surface area contributed by atoms with E-state index in [2.05, 4.69) is 26.0 Å². The summed E-state index contributed by atoms with van der Waals surface area (Å²) in [5, 5.41) is 4.67. The monoisotopic (exact) mass is 327 g/mol. The standard InChI is InChI=1S/C12H11BrClN3O/c1-2-5-17-11(9(13)7-16-17)12(18)10-4-3-8(14)6-15-10/h3-4,6-7H,2,5H2,1H3. The highest BCUT2D eigenvalue weighted by Gasteiger charge is 2.19. The average Bonchev–Trinajstić information content (AvgIpc) is 2.71. The zero-order valence-electron chi connectivity index (χ0n) is 9.73. The van der Waals surface area contributed by atoms with Crippen molar-refractivity contribution in [2.45, 2.75) is 19.9 Å². The molecule has 0 atom stereocenters. The summed E-state index contributed by atoms with van der Waals surface area (Å²) in [6.07, 6.45) is 3.99. The van der Waals surface area contributed by atoms with Crippen LogP contribution in [0.2, 0.25) is 5.02 Å². The molecule has 0 unspecified atom stereocenters. The number of aryl methyl sites for hydroxylation is 1. The van der Waals surface area contributed by atoms with E-state index in [1.807, 2.05) is 6.92 Å². The van der Waals surface area contributed by atoms with Gasteiger partial charge in [-0.25, -0.2) is 0 Å². The molecule has 0 amide bonds. The van der Waals surface area contributed by atoms with E-state index in [0.29, 0.717) is 27.4 Å². The van der Waals surface area contributed by atoms with Crippen LogP contribution in [-0.4, -0.2) is 20.5 Å². The summed E-state index contributed by atoms with van der Waals surface area (Å²) in [6, 6.07) is 3.26. The quantitative estimate of drug-likeness (QED) is 0.809. The van der Waals surface area contributed by atoms with Crippen molar-refractivity contribution in [2.24, 2.45) is 0 Å². The Morgan fingerprint density at radius 1 is 1.44 bits per heavy atom. The number of ketones is 1. The Hall–Kier alpha value is -1.20. The van der Waals surface area contributed by atoms with Gasteiger partial charge < -0.3 is 0 Å². The van der Waals surface area contributed by atoms with E-state index in [9.17, 15) is 4.79 Å². The Kier molecular flexibility index (Phi) is 4.14. The van der Waals surface area contributed by atoms with Gasteiger partial charge in [0.2, 0.25) is 5.78 Å². The van der Waals surface area contributed by atoms with Crippen LogP contribution in [0.5, 0.6) is 0 Å². The Labute approximate surface area is 118 Å². The highest BCUT2D eigenvalue weighted by atomic mass is 79.9. The van der Waals surface area contributed by atoms with Crippen molar-refractivity contribution in [3.8, 4) is 0 Å². The number of nitrogens with zero attached hydrogens (tertiary/aromatic N) is 3. The van der Waals surface area contributed by atoms with Crippen LogP contribution in [0.25, 0.3) is 0 Å². The van der Waals surface area contributed by atoms with Gasteiger partial charge in [-0.2, -0.15) is 5.10 Å². The summed E-state index contributed by atoms with van der Waals surface area (Å²) in [6.45, 7) is 2.73. The zero-order chi connectivity index (χ0) is 13.1. The Morgan fingerprint density at radius 3 is 2.83 bits per heavy atom. The van der Waals surface area contributed by atoms with Crippen molar-refractivity contribution in [1.82, 2.24) is 14.8 Å². The number of rotatable bonds is 4. The van der Waals surface area contributed by atoms with Gasteiger partial charge in [-0.05, 0) is 34.5 Å². The van der Waals surface area contributed by atoms with Crippen LogP contribution >= 0.6 is 27.5 Å². The first-order valence-electron chi connectivity index (χ1n) is 5.51. The molecule has 2 aromatic rings. The van der Waals surface area contributed by atoms with Gasteiger partial charge >= 0.3 is 0 Å². The van der Waals surface area contributed by atoms with Gasteiger partial charge in [0.25, 0.3) is 0 Å². The molecule has 0 saturated heterocycles. The molecule has 2 heterocycles. The minimum atomic E-state index is -0.163. The minimum Gasteiger partial charge on any atom is -0.285 e. The van der Waals surface area contributed by atoms with Gasteiger partial charge in [-0.3, -0.25) is 14.5 Å². The molecule has 0 saturated carbocycles. The summed E-state index contributed by atoms with van der Waals surface area (Å²) in [5.41, 5.74) is 0.879. The van der Waals surface area contributed by atoms with Gasteiger partial charge in [0.05, 0.1) is 15.7 Å². The third-order valence-electron chi connectivity index (χ3n) is 2.41. The van der Waals surface area contributed by atoms with E-state index in [1.165, 1.54) is 6.20 Å². The van der Waals surface area contributed by atoms with E-state index >= 15 is 0 Å². The van der Waals surface area contributed by atoms with Crippen LogP contribution < -0.4 is 0 Å². The SMILES string of the molecule is CCCn1ncc(Br)c1C(=O)c1ccc(Cl)cn1. The largest absolute Gasteiger partial charge is 0.285 e. The Balaban J connectivity index is 2.39. The Morgan fingerprint density at radius 2 is 2.22 bits per heavy atom. The van der Waals surface area contributed by atoms with Gasteiger partial charge in [-0.1, -0.05) is 18.5 Å². The van der Waals surface area contributed by atoms with Crippen LogP contribution in [0.15, 0.2) is 29.0 Å². The molecule has 0 bridgehead atoms. The summed E-state index contributed by atoms with van der Waals surface area (Å²) in [7, 11) is 0. The van der Waals surface area contributed by atoms with E-state index in [0.717, 1.165) is 6.42 Å². The van der Waals surface area contributed by atoms with Crippen molar-refractivity contribution in [3.05, 3.63) is 45.4 Å². The second-order valence-electron chi connectivity index (χ2n) is 3.76. The fourth-order valence-electron chi connectivity index (χ4n) is 1.60. The highest BCUT2D eigenvalue weighted by molar-refractivity contribution is 9.10. The van der Waals surface area contributed by atoms with Gasteiger partial charge in [0, 0.05) is 12.7 Å². The number of hydrogen-bond donors (Lipinski definition) is 0. The topological polar surface area (TPSA) is 47.8 Å². The van der Waals surface area contributed by atoms with Crippen molar-refractivity contribution < 1.29 is 4.79 Å². The van der Waals surface area contributed by atoms with E-state index in [-0.39, 0.29) is 5.78 Å². The van der Waals surface area contributed by atoms with Crippen LogP contribution in [0.3, 0.4) is 0 Å². The molecule has 18 heavy (non-hydrogen) atoms. The minimum absolute atomic E-state index is 0.163. The lowest BCUT2D eigenvalue weighted by Crippen LogP contribution is -2.13. The maximum atomic E-state index is 12.3. The van der Waals surface area contributed by atoms with Gasteiger partial charge in [0.1, 0.15) is 11.4 Å². The predicted molar refractivity (Wildman–Crippen MR) is 72.9 cm³/mol. The number of aromatic nitrogens is 3. The van der Waals surface area contributed by atoms with Crippen LogP contribution in [0, 0.1) is 0 Å². The van der Waals surface area contributed by atoms with Crippen LogP contribution in [-0.2, 0) is 6.54 Å². The summed E-state index contributed by atoms with van der Waals surface area (Å²) in [4.78, 5) is 16.4. The zero-order valence-corrected chi connectivity index (χ0v) is 12.1. The molecule has 2 rings (SSSR count). The first-order valence-corrected chi connectivity index (χ1v) is 6.68. The smallest absolute Gasteiger partial charge is 0.230 e. The number of hydrogen-bond acceptors (Lipinski definition) is 3. The number of pyridine rings is 1. The predicted octanol–water partition coefficient (Wildman–Crippen LogP) is 3.34. The van der Waals surface area contributed by atoms with Crippen molar-refractivity contribution in [3.63, 3.8) is 0 Å². The van der Waals surface area contributed by atoms with E-state index in [4.69, 9.17) is 11.6 Å². The second kappa shape index (κ2) is 5.63. The molecule has 6 heteroatoms. The summed E-state index contributed by atoms with van der Waals surface area (Å²) < 4.78 is 2.36. The third-order valence-corrected chi connectivity index (χ3v) is 3.21. The maximum Gasteiger partial charge on any atom is 0.230 e. The van der Waals surface area contributed by atoms with Crippen molar-refractivity contribution in [2.75, 3.05) is 0 Å². The molecule has 0 N–H and O–H groups in total. The molecular weight excluding hydrogens is 318 g/mol. The molecular formula is C12H11BrClN3O. The fourth-order valence-corrected chi connectivity index (χ4v) is 2.19. The Bertz CT molecular complexity index is 565. The second-order valence-corrected chi connectivity index (χ2v) is 5.05. The molecule has 0 radical (unpaired) electrons. The molecule has 0 aliphatic heterocycles. The maximum absolute atomic E-state index is 12.3.